The summed E-state index contributed by atoms with van der Waals surface area (Å²) < 4.78 is 49.3. The molecule has 1 N–H and O–H groups in total. The molecule has 0 atom stereocenters. The fourth-order valence-electron chi connectivity index (χ4n) is 2.33. The van der Waals surface area contributed by atoms with Crippen LogP contribution in [0.25, 0.3) is 0 Å². The maximum Gasteiger partial charge on any atom is 0.416 e. The van der Waals surface area contributed by atoms with Gasteiger partial charge in [-0.1, -0.05) is 6.92 Å². The number of nitrogens with one attached hydrogen (secondary N) is 1. The van der Waals surface area contributed by atoms with Crippen LogP contribution in [0.4, 0.5) is 18.9 Å². The highest BCUT2D eigenvalue weighted by Gasteiger charge is 2.31. The predicted molar refractivity (Wildman–Crippen MR) is 95.2 cm³/mol. The number of anilines is 1. The van der Waals surface area contributed by atoms with Crippen LogP contribution in [-0.4, -0.2) is 26.2 Å². The molecule has 2 rings (SSSR count). The normalized spacial score (nSPS) is 11.5. The quantitative estimate of drug-likeness (QED) is 0.687. The minimum atomic E-state index is -4.51. The number of carbonyl (C=O) groups excluding carboxylic acids is 1. The van der Waals surface area contributed by atoms with Crippen LogP contribution in [0, 0.1) is 6.92 Å². The van der Waals surface area contributed by atoms with Crippen molar-refractivity contribution >= 4 is 22.9 Å². The van der Waals surface area contributed by atoms with Crippen molar-refractivity contribution in [2.75, 3.05) is 25.6 Å². The first kappa shape index (κ1) is 20.3. The Morgan fingerprint density at radius 3 is 2.54 bits per heavy atom. The second kappa shape index (κ2) is 8.55. The maximum atomic E-state index is 13.0. The molecule has 1 heterocycles. The van der Waals surface area contributed by atoms with Gasteiger partial charge >= 0.3 is 6.18 Å². The first-order valence-corrected chi connectivity index (χ1v) is 8.81. The molecule has 4 nitrogen and oxygen atoms in total. The molecule has 1 aromatic carbocycles. The molecule has 1 aromatic heterocycles. The molecule has 0 saturated heterocycles. The maximum absolute atomic E-state index is 13.0. The third-order valence-electron chi connectivity index (χ3n) is 3.67. The molecule has 0 radical (unpaired) electrons. The van der Waals surface area contributed by atoms with Crippen LogP contribution < -0.4 is 10.1 Å². The standard InChI is InChI=1S/C18H20F3NO3S/c1-4-15-11(2)9-16(26-15)17(23)22-13-10-12(18(19,20)21)5-6-14(13)25-8-7-24-3/h5-6,9-10H,4,7-8H2,1-3H3,(H,22,23). The first-order valence-electron chi connectivity index (χ1n) is 8.00. The van der Waals surface area contributed by atoms with Gasteiger partial charge in [0.05, 0.1) is 22.7 Å². The molecule has 0 aliphatic heterocycles. The number of alkyl halides is 3. The molecule has 0 aliphatic rings. The highest BCUT2D eigenvalue weighted by atomic mass is 32.1. The molecule has 0 aliphatic carbocycles. The topological polar surface area (TPSA) is 47.6 Å². The molecule has 0 unspecified atom stereocenters. The fourth-order valence-corrected chi connectivity index (χ4v) is 3.34. The van der Waals surface area contributed by atoms with Gasteiger partial charge in [0.1, 0.15) is 12.4 Å². The lowest BCUT2D eigenvalue weighted by Gasteiger charge is -2.15. The number of halogens is 3. The van der Waals surface area contributed by atoms with Crippen molar-refractivity contribution in [2.45, 2.75) is 26.4 Å². The van der Waals surface area contributed by atoms with Gasteiger partial charge in [0.2, 0.25) is 0 Å². The number of thiophene rings is 1. The van der Waals surface area contributed by atoms with Crippen LogP contribution in [-0.2, 0) is 17.3 Å². The Kier molecular flexibility index (Phi) is 6.66. The zero-order valence-electron chi connectivity index (χ0n) is 14.7. The summed E-state index contributed by atoms with van der Waals surface area (Å²) >= 11 is 1.33. The van der Waals surface area contributed by atoms with Crippen molar-refractivity contribution in [3.63, 3.8) is 0 Å². The van der Waals surface area contributed by atoms with E-state index in [2.05, 4.69) is 5.32 Å². The second-order valence-corrected chi connectivity index (χ2v) is 6.71. The van der Waals surface area contributed by atoms with Crippen LogP contribution in [0.3, 0.4) is 0 Å². The van der Waals surface area contributed by atoms with Crippen molar-refractivity contribution in [2.24, 2.45) is 0 Å². The van der Waals surface area contributed by atoms with Gasteiger partial charge in [-0.25, -0.2) is 0 Å². The van der Waals surface area contributed by atoms with Gasteiger partial charge < -0.3 is 14.8 Å². The van der Waals surface area contributed by atoms with Crippen molar-refractivity contribution < 1.29 is 27.4 Å². The summed E-state index contributed by atoms with van der Waals surface area (Å²) in [5.74, 6) is -0.305. The van der Waals surface area contributed by atoms with Crippen LogP contribution in [0.2, 0.25) is 0 Å². The minimum absolute atomic E-state index is 0.0231. The van der Waals surface area contributed by atoms with E-state index in [1.807, 2.05) is 13.8 Å². The summed E-state index contributed by atoms with van der Waals surface area (Å²) in [6.07, 6.45) is -3.72. The molecule has 2 aromatic rings. The molecule has 0 spiro atoms. The number of hydrogen-bond donors (Lipinski definition) is 1. The molecular formula is C18H20F3NO3S. The van der Waals surface area contributed by atoms with Crippen LogP contribution in [0.1, 0.15) is 32.6 Å². The number of carbonyl (C=O) groups is 1. The third-order valence-corrected chi connectivity index (χ3v) is 5.05. The Hall–Kier alpha value is -2.06. The van der Waals surface area contributed by atoms with Gasteiger partial charge in [-0.3, -0.25) is 4.79 Å². The fraction of sp³-hybridized carbons (Fsp3) is 0.389. The highest BCUT2D eigenvalue weighted by molar-refractivity contribution is 7.14. The van der Waals surface area contributed by atoms with E-state index in [9.17, 15) is 18.0 Å². The van der Waals surface area contributed by atoms with Crippen molar-refractivity contribution in [3.8, 4) is 5.75 Å². The van der Waals surface area contributed by atoms with Gasteiger partial charge in [0.25, 0.3) is 5.91 Å². The zero-order chi connectivity index (χ0) is 19.3. The Balaban J connectivity index is 2.29. The van der Waals surface area contributed by atoms with Crippen LogP contribution in [0.5, 0.6) is 5.75 Å². The summed E-state index contributed by atoms with van der Waals surface area (Å²) in [5.41, 5.74) is 0.108. The number of methoxy groups -OCH3 is 1. The average Bonchev–Trinajstić information content (AvgIpc) is 2.96. The summed E-state index contributed by atoms with van der Waals surface area (Å²) in [6, 6.07) is 4.73. The van der Waals surface area contributed by atoms with Crippen LogP contribution >= 0.6 is 11.3 Å². The van der Waals surface area contributed by atoms with Crippen LogP contribution in [0.15, 0.2) is 24.3 Å². The minimum Gasteiger partial charge on any atom is -0.489 e. The van der Waals surface area contributed by atoms with Gasteiger partial charge in [0, 0.05) is 12.0 Å². The largest absolute Gasteiger partial charge is 0.489 e. The number of hydrogen-bond acceptors (Lipinski definition) is 4. The number of benzene rings is 1. The predicted octanol–water partition coefficient (Wildman–Crippen LogP) is 4.92. The van der Waals surface area contributed by atoms with E-state index >= 15 is 0 Å². The second-order valence-electron chi connectivity index (χ2n) is 5.57. The van der Waals surface area contributed by atoms with Gasteiger partial charge in [-0.2, -0.15) is 13.2 Å². The summed E-state index contributed by atoms with van der Waals surface area (Å²) in [6.45, 7) is 4.31. The Labute approximate surface area is 153 Å². The van der Waals surface area contributed by atoms with E-state index in [-0.39, 0.29) is 24.7 Å². The van der Waals surface area contributed by atoms with Gasteiger partial charge in [-0.05, 0) is 43.2 Å². The molecule has 8 heteroatoms. The van der Waals surface area contributed by atoms with E-state index in [0.29, 0.717) is 4.88 Å². The third kappa shape index (κ3) is 4.98. The lowest BCUT2D eigenvalue weighted by Crippen LogP contribution is -2.14. The summed E-state index contributed by atoms with van der Waals surface area (Å²) in [7, 11) is 1.49. The van der Waals surface area contributed by atoms with Gasteiger partial charge in [-0.15, -0.1) is 11.3 Å². The van der Waals surface area contributed by atoms with E-state index in [0.717, 1.165) is 29.0 Å². The molecule has 0 fully saturated rings. The zero-order valence-corrected chi connectivity index (χ0v) is 15.5. The number of ether oxygens (including phenoxy) is 2. The van der Waals surface area contributed by atoms with E-state index < -0.39 is 17.6 Å². The first-order chi connectivity index (χ1) is 12.3. The highest BCUT2D eigenvalue weighted by Crippen LogP contribution is 2.35. The number of aryl methyl sites for hydroxylation is 2. The summed E-state index contributed by atoms with van der Waals surface area (Å²) in [4.78, 5) is 14.0. The molecule has 0 bridgehead atoms. The van der Waals surface area contributed by atoms with E-state index in [1.165, 1.54) is 24.5 Å². The molecule has 26 heavy (non-hydrogen) atoms. The SMILES string of the molecule is CCc1sc(C(=O)Nc2cc(C(F)(F)F)ccc2OCCOC)cc1C. The molecule has 1 amide bonds. The Morgan fingerprint density at radius 2 is 1.96 bits per heavy atom. The van der Waals surface area contributed by atoms with Crippen molar-refractivity contribution in [1.29, 1.82) is 0 Å². The lowest BCUT2D eigenvalue weighted by molar-refractivity contribution is -0.137. The molecular weight excluding hydrogens is 367 g/mol. The summed E-state index contributed by atoms with van der Waals surface area (Å²) in [5, 5.41) is 2.54. The number of rotatable bonds is 7. The monoisotopic (exact) mass is 387 g/mol. The van der Waals surface area contributed by atoms with E-state index in [4.69, 9.17) is 9.47 Å². The molecule has 142 valence electrons. The van der Waals surface area contributed by atoms with Crippen molar-refractivity contribution in [1.82, 2.24) is 0 Å². The van der Waals surface area contributed by atoms with Crippen molar-refractivity contribution in [3.05, 3.63) is 45.1 Å². The smallest absolute Gasteiger partial charge is 0.416 e. The van der Waals surface area contributed by atoms with Gasteiger partial charge in [0.15, 0.2) is 0 Å². The average molecular weight is 387 g/mol. The molecule has 0 saturated carbocycles. The Bertz CT molecular complexity index is 772. The lowest BCUT2D eigenvalue weighted by atomic mass is 10.1. The number of amides is 1. The Morgan fingerprint density at radius 1 is 1.23 bits per heavy atom. The van der Waals surface area contributed by atoms with E-state index in [1.54, 1.807) is 6.07 Å².